The van der Waals surface area contributed by atoms with Crippen molar-refractivity contribution in [2.24, 2.45) is 0 Å². The normalized spacial score (nSPS) is 9.56. The Labute approximate surface area is 90.9 Å². The Bertz CT molecular complexity index is 466. The van der Waals surface area contributed by atoms with E-state index in [-0.39, 0.29) is 22.6 Å². The van der Waals surface area contributed by atoms with Crippen molar-refractivity contribution < 1.29 is 19.6 Å². The van der Waals surface area contributed by atoms with Gasteiger partial charge in [-0.3, -0.25) is 10.1 Å². The second-order valence-corrected chi connectivity index (χ2v) is 2.92. The molecule has 0 saturated heterocycles. The van der Waals surface area contributed by atoms with Crippen molar-refractivity contribution in [3.8, 4) is 5.75 Å². The molecule has 0 heterocycles. The maximum atomic E-state index is 10.7. The van der Waals surface area contributed by atoms with Crippen molar-refractivity contribution in [2.45, 2.75) is 0 Å². The van der Waals surface area contributed by atoms with E-state index in [1.807, 2.05) is 0 Å². The van der Waals surface area contributed by atoms with Gasteiger partial charge >= 0.3 is 5.97 Å². The van der Waals surface area contributed by atoms with Crippen molar-refractivity contribution in [3.63, 3.8) is 0 Å². The summed E-state index contributed by atoms with van der Waals surface area (Å²) in [6, 6.07) is 3.90. The molecule has 1 rings (SSSR count). The number of benzene rings is 1. The molecule has 0 atom stereocenters. The Morgan fingerprint density at radius 3 is 2.62 bits per heavy atom. The summed E-state index contributed by atoms with van der Waals surface area (Å²) < 4.78 is 4.82. The van der Waals surface area contributed by atoms with Gasteiger partial charge in [0, 0.05) is 0 Å². The van der Waals surface area contributed by atoms with Gasteiger partial charge < -0.3 is 9.84 Å². The van der Waals surface area contributed by atoms with E-state index in [0.29, 0.717) is 0 Å². The van der Waals surface area contributed by atoms with Crippen LogP contribution in [-0.4, -0.2) is 23.1 Å². The number of nitrogens with zero attached hydrogens (tertiary/aromatic N) is 1. The van der Waals surface area contributed by atoms with Gasteiger partial charge in [0.2, 0.25) is 0 Å². The van der Waals surface area contributed by atoms with E-state index in [1.165, 1.54) is 19.2 Å². The molecule has 0 unspecified atom stereocenters. The number of carboxylic acids is 1. The predicted octanol–water partition coefficient (Wildman–Crippen LogP) is 1.70. The molecule has 0 aliphatic heterocycles. The van der Waals surface area contributed by atoms with Gasteiger partial charge in [0.05, 0.1) is 29.2 Å². The SMILES string of the molecule is C=C(C(=O)O)c1ccc(OC)cc1[N+](=O)[O-]. The summed E-state index contributed by atoms with van der Waals surface area (Å²) in [6.45, 7) is 3.28. The van der Waals surface area contributed by atoms with Gasteiger partial charge in [0.15, 0.2) is 0 Å². The van der Waals surface area contributed by atoms with Crippen LogP contribution in [0.3, 0.4) is 0 Å². The van der Waals surface area contributed by atoms with Crippen molar-refractivity contribution in [2.75, 3.05) is 7.11 Å². The van der Waals surface area contributed by atoms with Crippen LogP contribution in [0.4, 0.5) is 5.69 Å². The molecule has 0 aliphatic carbocycles. The maximum absolute atomic E-state index is 10.7. The van der Waals surface area contributed by atoms with Crippen LogP contribution in [-0.2, 0) is 4.79 Å². The molecule has 16 heavy (non-hydrogen) atoms. The lowest BCUT2D eigenvalue weighted by Crippen LogP contribution is -2.02. The fourth-order valence-electron chi connectivity index (χ4n) is 1.16. The van der Waals surface area contributed by atoms with Crippen molar-refractivity contribution in [1.82, 2.24) is 0 Å². The van der Waals surface area contributed by atoms with Crippen molar-refractivity contribution >= 4 is 17.2 Å². The lowest BCUT2D eigenvalue weighted by Gasteiger charge is -2.04. The third-order valence-electron chi connectivity index (χ3n) is 1.98. The summed E-state index contributed by atoms with van der Waals surface area (Å²) in [5.74, 6) is -1.01. The van der Waals surface area contributed by atoms with Crippen molar-refractivity contribution in [3.05, 3.63) is 40.5 Å². The molecule has 1 N–H and O–H groups in total. The van der Waals surface area contributed by atoms with Crippen LogP contribution in [0.2, 0.25) is 0 Å². The van der Waals surface area contributed by atoms with Gasteiger partial charge in [-0.15, -0.1) is 0 Å². The van der Waals surface area contributed by atoms with Crippen LogP contribution >= 0.6 is 0 Å². The number of nitro benzene ring substituents is 1. The van der Waals surface area contributed by atoms with Crippen LogP contribution in [0.25, 0.3) is 5.57 Å². The van der Waals surface area contributed by atoms with E-state index in [0.717, 1.165) is 6.07 Å². The summed E-state index contributed by atoms with van der Waals surface area (Å²) >= 11 is 0. The highest BCUT2D eigenvalue weighted by molar-refractivity contribution is 6.15. The second-order valence-electron chi connectivity index (χ2n) is 2.92. The number of methoxy groups -OCH3 is 1. The number of hydrogen-bond acceptors (Lipinski definition) is 4. The number of hydrogen-bond donors (Lipinski definition) is 1. The summed E-state index contributed by atoms with van der Waals surface area (Å²) in [7, 11) is 1.37. The smallest absolute Gasteiger partial charge is 0.335 e. The molecule has 1 aromatic rings. The van der Waals surface area contributed by atoms with E-state index >= 15 is 0 Å². The van der Waals surface area contributed by atoms with E-state index in [9.17, 15) is 14.9 Å². The molecule has 6 nitrogen and oxygen atoms in total. The zero-order valence-electron chi connectivity index (χ0n) is 8.47. The molecule has 0 spiro atoms. The zero-order valence-corrected chi connectivity index (χ0v) is 8.47. The van der Waals surface area contributed by atoms with Crippen LogP contribution in [0.5, 0.6) is 5.75 Å². The molecule has 0 aliphatic rings. The maximum Gasteiger partial charge on any atom is 0.335 e. The summed E-state index contributed by atoms with van der Waals surface area (Å²) in [5, 5.41) is 19.4. The standard InChI is InChI=1S/C10H9NO5/c1-6(10(12)13)8-4-3-7(16-2)5-9(8)11(14)15/h3-5H,1H2,2H3,(H,12,13). The van der Waals surface area contributed by atoms with Crippen LogP contribution < -0.4 is 4.74 Å². The number of nitro groups is 1. The fourth-order valence-corrected chi connectivity index (χ4v) is 1.16. The third-order valence-corrected chi connectivity index (χ3v) is 1.98. The first kappa shape index (κ1) is 11.7. The first-order valence-corrected chi connectivity index (χ1v) is 4.22. The highest BCUT2D eigenvalue weighted by Crippen LogP contribution is 2.29. The van der Waals surface area contributed by atoms with Gasteiger partial charge in [-0.2, -0.15) is 0 Å². The first-order chi connectivity index (χ1) is 7.47. The molecular formula is C10H9NO5. The highest BCUT2D eigenvalue weighted by Gasteiger charge is 2.20. The Balaban J connectivity index is 3.34. The Morgan fingerprint density at radius 1 is 1.56 bits per heavy atom. The summed E-state index contributed by atoms with van der Waals surface area (Å²) in [5.41, 5.74) is -0.695. The van der Waals surface area contributed by atoms with Gasteiger partial charge in [-0.1, -0.05) is 6.58 Å². The fraction of sp³-hybridized carbons (Fsp3) is 0.100. The average Bonchev–Trinajstić information content (AvgIpc) is 2.26. The van der Waals surface area contributed by atoms with Gasteiger partial charge in [0.1, 0.15) is 5.75 Å². The lowest BCUT2D eigenvalue weighted by atomic mass is 10.1. The Kier molecular flexibility index (Phi) is 3.24. The van der Waals surface area contributed by atoms with Gasteiger partial charge in [-0.05, 0) is 12.1 Å². The number of rotatable bonds is 4. The topological polar surface area (TPSA) is 89.7 Å². The summed E-state index contributed by atoms with van der Waals surface area (Å²) in [4.78, 5) is 20.7. The van der Waals surface area contributed by atoms with E-state index in [1.54, 1.807) is 0 Å². The number of aliphatic carboxylic acids is 1. The Morgan fingerprint density at radius 2 is 2.19 bits per heavy atom. The van der Waals surface area contributed by atoms with Crippen LogP contribution in [0.1, 0.15) is 5.56 Å². The molecule has 1 aromatic carbocycles. The van der Waals surface area contributed by atoms with E-state index in [4.69, 9.17) is 9.84 Å². The lowest BCUT2D eigenvalue weighted by molar-refractivity contribution is -0.385. The largest absolute Gasteiger partial charge is 0.497 e. The molecule has 0 saturated carbocycles. The van der Waals surface area contributed by atoms with E-state index < -0.39 is 10.9 Å². The molecule has 0 bridgehead atoms. The minimum atomic E-state index is -1.30. The van der Waals surface area contributed by atoms with Crippen LogP contribution in [0.15, 0.2) is 24.8 Å². The molecule has 84 valence electrons. The van der Waals surface area contributed by atoms with E-state index in [2.05, 4.69) is 6.58 Å². The first-order valence-electron chi connectivity index (χ1n) is 4.22. The van der Waals surface area contributed by atoms with Gasteiger partial charge in [-0.25, -0.2) is 4.79 Å². The van der Waals surface area contributed by atoms with Crippen LogP contribution in [0, 0.1) is 10.1 Å². The quantitative estimate of drug-likeness (QED) is 0.476. The average molecular weight is 223 g/mol. The molecule has 0 aromatic heterocycles. The number of ether oxygens (including phenoxy) is 1. The predicted molar refractivity (Wildman–Crippen MR) is 56.3 cm³/mol. The molecule has 0 radical (unpaired) electrons. The highest BCUT2D eigenvalue weighted by atomic mass is 16.6. The van der Waals surface area contributed by atoms with Crippen molar-refractivity contribution in [1.29, 1.82) is 0 Å². The number of carbonyl (C=O) groups is 1. The zero-order chi connectivity index (χ0) is 12.3. The molecule has 6 heteroatoms. The molecule has 0 fully saturated rings. The summed E-state index contributed by atoms with van der Waals surface area (Å²) in [6.07, 6.45) is 0. The minimum Gasteiger partial charge on any atom is -0.497 e. The van der Waals surface area contributed by atoms with Gasteiger partial charge in [0.25, 0.3) is 5.69 Å². The molecule has 0 amide bonds. The second kappa shape index (κ2) is 4.43. The Hall–Kier alpha value is -2.37. The molecular weight excluding hydrogens is 214 g/mol. The third kappa shape index (κ3) is 2.17. The minimum absolute atomic E-state index is 0.0294. The monoisotopic (exact) mass is 223 g/mol. The number of carboxylic acid groups (broad SMARTS) is 1.